The molecule has 5 nitrogen and oxygen atoms in total. The number of aryl methyl sites for hydroxylation is 1. The lowest BCUT2D eigenvalue weighted by molar-refractivity contribution is 0.299. The van der Waals surface area contributed by atoms with Crippen LogP contribution in [-0.2, 0) is 12.8 Å². The zero-order valence-corrected chi connectivity index (χ0v) is 14.9. The third-order valence-corrected chi connectivity index (χ3v) is 5.33. The Bertz CT molecular complexity index is 1040. The van der Waals surface area contributed by atoms with Gasteiger partial charge in [0, 0.05) is 11.1 Å². The van der Waals surface area contributed by atoms with Gasteiger partial charge >= 0.3 is 0 Å². The van der Waals surface area contributed by atoms with Gasteiger partial charge < -0.3 is 9.26 Å². The maximum absolute atomic E-state index is 9.46. The average molecular weight is 357 g/mol. The number of rotatable bonds is 5. The van der Waals surface area contributed by atoms with Gasteiger partial charge in [-0.3, -0.25) is 0 Å². The van der Waals surface area contributed by atoms with Crippen LogP contribution in [0.2, 0.25) is 0 Å². The van der Waals surface area contributed by atoms with Crippen molar-refractivity contribution in [2.24, 2.45) is 5.92 Å². The molecule has 0 N–H and O–H groups in total. The van der Waals surface area contributed by atoms with Gasteiger partial charge in [-0.1, -0.05) is 23.4 Å². The van der Waals surface area contributed by atoms with Crippen LogP contribution in [0.15, 0.2) is 40.9 Å². The van der Waals surface area contributed by atoms with Crippen LogP contribution in [-0.4, -0.2) is 16.7 Å². The normalized spacial score (nSPS) is 15.4. The highest BCUT2D eigenvalue weighted by Gasteiger charge is 2.23. The number of benzene rings is 2. The molecule has 2 aliphatic carbocycles. The summed E-state index contributed by atoms with van der Waals surface area (Å²) < 4.78 is 11.3. The molecule has 0 spiro atoms. The van der Waals surface area contributed by atoms with Crippen LogP contribution in [0.25, 0.3) is 22.8 Å². The lowest BCUT2D eigenvalue weighted by Gasteiger charge is -2.07. The molecule has 2 aromatic carbocycles. The first-order valence-corrected chi connectivity index (χ1v) is 9.44. The van der Waals surface area contributed by atoms with E-state index in [1.807, 2.05) is 18.2 Å². The van der Waals surface area contributed by atoms with Crippen LogP contribution in [0.4, 0.5) is 0 Å². The fourth-order valence-electron chi connectivity index (χ4n) is 3.65. The summed E-state index contributed by atoms with van der Waals surface area (Å²) in [6.45, 7) is 0.678. The number of hydrogen-bond donors (Lipinski definition) is 0. The van der Waals surface area contributed by atoms with Gasteiger partial charge in [0.2, 0.25) is 5.82 Å². The molecule has 0 amide bonds. The van der Waals surface area contributed by atoms with Crippen molar-refractivity contribution < 1.29 is 9.26 Å². The molecule has 27 heavy (non-hydrogen) atoms. The highest BCUT2D eigenvalue weighted by molar-refractivity contribution is 5.66. The Kier molecular flexibility index (Phi) is 3.90. The molecule has 0 saturated heterocycles. The minimum atomic E-state index is 0.422. The second-order valence-corrected chi connectivity index (χ2v) is 7.30. The quantitative estimate of drug-likeness (QED) is 0.670. The summed E-state index contributed by atoms with van der Waals surface area (Å²) >= 11 is 0. The number of ether oxygens (including phenoxy) is 1. The highest BCUT2D eigenvalue weighted by atomic mass is 16.5. The van der Waals surface area contributed by atoms with E-state index in [0.717, 1.165) is 24.0 Å². The Hall–Kier alpha value is -3.13. The van der Waals surface area contributed by atoms with Gasteiger partial charge in [-0.2, -0.15) is 10.2 Å². The number of fused-ring (bicyclic) bond motifs is 1. The van der Waals surface area contributed by atoms with E-state index >= 15 is 0 Å². The summed E-state index contributed by atoms with van der Waals surface area (Å²) in [5, 5.41) is 13.6. The fourth-order valence-corrected chi connectivity index (χ4v) is 3.65. The Morgan fingerprint density at radius 2 is 2.11 bits per heavy atom. The van der Waals surface area contributed by atoms with Crippen LogP contribution in [0.3, 0.4) is 0 Å². The maximum Gasteiger partial charge on any atom is 0.258 e. The predicted molar refractivity (Wildman–Crippen MR) is 100 cm³/mol. The van der Waals surface area contributed by atoms with Crippen LogP contribution in [0.1, 0.15) is 36.0 Å². The van der Waals surface area contributed by atoms with E-state index in [9.17, 15) is 5.26 Å². The molecular formula is C22H19N3O2. The van der Waals surface area contributed by atoms with Crippen molar-refractivity contribution in [1.29, 1.82) is 5.26 Å². The third-order valence-electron chi connectivity index (χ3n) is 5.33. The van der Waals surface area contributed by atoms with Crippen molar-refractivity contribution in [3.63, 3.8) is 0 Å². The average Bonchev–Trinajstić information content (AvgIpc) is 3.19. The highest BCUT2D eigenvalue weighted by Crippen LogP contribution is 2.34. The summed E-state index contributed by atoms with van der Waals surface area (Å²) in [6, 6.07) is 13.9. The van der Waals surface area contributed by atoms with Gasteiger partial charge in [0.25, 0.3) is 5.89 Å². The van der Waals surface area contributed by atoms with E-state index < -0.39 is 0 Å². The number of nitriles is 1. The van der Waals surface area contributed by atoms with Crippen molar-refractivity contribution in [1.82, 2.24) is 10.1 Å². The van der Waals surface area contributed by atoms with E-state index in [1.165, 1.54) is 30.4 Å². The van der Waals surface area contributed by atoms with Crippen molar-refractivity contribution in [3.8, 4) is 34.7 Å². The van der Waals surface area contributed by atoms with Crippen LogP contribution in [0, 0.1) is 17.2 Å². The standard InChI is InChI=1S/C22H19N3O2/c23-12-17-11-16(9-10-20(17)26-13-14-7-8-14)22-24-21(25-27-22)19-6-2-4-15-3-1-5-18(15)19/h2,4,6,9-11,14H,1,3,5,7-8,13H2. The molecule has 0 atom stereocenters. The van der Waals surface area contributed by atoms with E-state index in [0.29, 0.717) is 35.6 Å². The minimum absolute atomic E-state index is 0.422. The van der Waals surface area contributed by atoms with Crippen LogP contribution >= 0.6 is 0 Å². The van der Waals surface area contributed by atoms with Gasteiger partial charge in [0.05, 0.1) is 12.2 Å². The Morgan fingerprint density at radius 3 is 2.96 bits per heavy atom. The Balaban J connectivity index is 1.44. The van der Waals surface area contributed by atoms with Gasteiger partial charge in [0.1, 0.15) is 11.8 Å². The zero-order chi connectivity index (χ0) is 18.2. The summed E-state index contributed by atoms with van der Waals surface area (Å²) in [4.78, 5) is 4.59. The summed E-state index contributed by atoms with van der Waals surface area (Å²) in [5.41, 5.74) is 4.98. The number of hydrogen-bond acceptors (Lipinski definition) is 5. The summed E-state index contributed by atoms with van der Waals surface area (Å²) in [7, 11) is 0. The second-order valence-electron chi connectivity index (χ2n) is 7.30. The lowest BCUT2D eigenvalue weighted by atomic mass is 10.0. The molecule has 1 aromatic heterocycles. The molecule has 134 valence electrons. The van der Waals surface area contributed by atoms with Crippen LogP contribution in [0.5, 0.6) is 5.75 Å². The summed E-state index contributed by atoms with van der Waals surface area (Å²) in [5.74, 6) is 2.29. The van der Waals surface area contributed by atoms with Gasteiger partial charge in [-0.05, 0) is 67.3 Å². The van der Waals surface area contributed by atoms with E-state index in [4.69, 9.17) is 9.26 Å². The molecule has 2 aliphatic rings. The third kappa shape index (κ3) is 3.08. The van der Waals surface area contributed by atoms with Gasteiger partial charge in [0.15, 0.2) is 0 Å². The van der Waals surface area contributed by atoms with Crippen molar-refractivity contribution >= 4 is 0 Å². The van der Waals surface area contributed by atoms with E-state index in [1.54, 1.807) is 6.07 Å². The smallest absolute Gasteiger partial charge is 0.258 e. The SMILES string of the molecule is N#Cc1cc(-c2nc(-c3cccc4c3CCC4)no2)ccc1OCC1CC1. The molecular weight excluding hydrogens is 338 g/mol. The second kappa shape index (κ2) is 6.55. The molecule has 3 aromatic rings. The van der Waals surface area contributed by atoms with Gasteiger partial charge in [-0.15, -0.1) is 0 Å². The minimum Gasteiger partial charge on any atom is -0.492 e. The number of aromatic nitrogens is 2. The van der Waals surface area contributed by atoms with E-state index in [-0.39, 0.29) is 0 Å². The maximum atomic E-state index is 9.46. The molecule has 0 unspecified atom stereocenters. The monoisotopic (exact) mass is 357 g/mol. The lowest BCUT2D eigenvalue weighted by Crippen LogP contribution is -2.00. The topological polar surface area (TPSA) is 71.9 Å². The predicted octanol–water partition coefficient (Wildman–Crippen LogP) is 4.55. The Morgan fingerprint density at radius 1 is 1.19 bits per heavy atom. The van der Waals surface area contributed by atoms with Crippen molar-refractivity contribution in [2.45, 2.75) is 32.1 Å². The Labute approximate surface area is 157 Å². The van der Waals surface area contributed by atoms with Crippen LogP contribution < -0.4 is 4.74 Å². The first-order chi connectivity index (χ1) is 13.3. The fraction of sp³-hybridized carbons (Fsp3) is 0.318. The molecule has 0 bridgehead atoms. The van der Waals surface area contributed by atoms with Gasteiger partial charge in [-0.25, -0.2) is 0 Å². The van der Waals surface area contributed by atoms with Crippen molar-refractivity contribution in [2.75, 3.05) is 6.61 Å². The molecule has 1 heterocycles. The molecule has 1 fully saturated rings. The molecule has 1 saturated carbocycles. The van der Waals surface area contributed by atoms with E-state index in [2.05, 4.69) is 28.3 Å². The molecule has 5 rings (SSSR count). The molecule has 0 aliphatic heterocycles. The number of nitrogens with zero attached hydrogens (tertiary/aromatic N) is 3. The zero-order valence-electron chi connectivity index (χ0n) is 14.9. The molecule has 0 radical (unpaired) electrons. The first-order valence-electron chi connectivity index (χ1n) is 9.44. The molecule has 5 heteroatoms. The summed E-state index contributed by atoms with van der Waals surface area (Å²) in [6.07, 6.45) is 5.77. The largest absolute Gasteiger partial charge is 0.492 e. The van der Waals surface area contributed by atoms with Crippen molar-refractivity contribution in [3.05, 3.63) is 53.1 Å². The first kappa shape index (κ1) is 16.1.